The number of halogens is 2. The largest absolute Gasteiger partial charge is 0.460 e. The van der Waals surface area contributed by atoms with Crippen LogP contribution in [0.5, 0.6) is 0 Å². The molecule has 0 aliphatic carbocycles. The van der Waals surface area contributed by atoms with Crippen LogP contribution < -0.4 is 16.0 Å². The fraction of sp³-hybridized carbons (Fsp3) is 0.0870. The summed E-state index contributed by atoms with van der Waals surface area (Å²) in [6, 6.07) is 12.8. The lowest BCUT2D eigenvalue weighted by Crippen LogP contribution is -2.34. The highest BCUT2D eigenvalue weighted by molar-refractivity contribution is 6.42. The summed E-state index contributed by atoms with van der Waals surface area (Å²) in [6.45, 7) is 0.127. The standard InChI is InChI=1S/C23H17Cl2N5O4/c24-19-6-3-16(9-20(19)25)30-23(33)22(32)29-13-18-5-4-17(34-18)8-15(10-26)21(31)28-12-14-2-1-7-27-11-14/h1-9,11H,12-13H2,(H,28,31)(H,29,32)(H,30,33). The van der Waals surface area contributed by atoms with Crippen LogP contribution in [0.2, 0.25) is 10.0 Å². The Balaban J connectivity index is 1.53. The van der Waals surface area contributed by atoms with Crippen LogP contribution in [0.15, 0.2) is 64.8 Å². The highest BCUT2D eigenvalue weighted by atomic mass is 35.5. The Morgan fingerprint density at radius 2 is 1.79 bits per heavy atom. The average molecular weight is 498 g/mol. The van der Waals surface area contributed by atoms with Crippen LogP contribution in [0.3, 0.4) is 0 Å². The number of nitriles is 1. The van der Waals surface area contributed by atoms with E-state index in [9.17, 15) is 19.6 Å². The molecule has 11 heteroatoms. The lowest BCUT2D eigenvalue weighted by atomic mass is 10.2. The molecule has 3 rings (SSSR count). The van der Waals surface area contributed by atoms with Crippen molar-refractivity contribution in [2.45, 2.75) is 13.1 Å². The SMILES string of the molecule is N#CC(=Cc1ccc(CNC(=O)C(=O)Nc2ccc(Cl)c(Cl)c2)o1)C(=O)NCc1cccnc1. The number of carbonyl (C=O) groups excluding carboxylic acids is 3. The van der Waals surface area contributed by atoms with E-state index in [4.69, 9.17) is 27.6 Å². The molecule has 0 spiro atoms. The first-order chi connectivity index (χ1) is 16.4. The molecule has 1 aromatic carbocycles. The minimum atomic E-state index is -0.901. The van der Waals surface area contributed by atoms with Gasteiger partial charge in [0.05, 0.1) is 16.6 Å². The van der Waals surface area contributed by atoms with Gasteiger partial charge in [0.25, 0.3) is 5.91 Å². The highest BCUT2D eigenvalue weighted by Crippen LogP contribution is 2.24. The Hall–Kier alpha value is -4.13. The number of aromatic nitrogens is 1. The van der Waals surface area contributed by atoms with Crippen molar-refractivity contribution in [2.75, 3.05) is 5.32 Å². The summed E-state index contributed by atoms with van der Waals surface area (Å²) in [5.41, 5.74) is 0.938. The van der Waals surface area contributed by atoms with E-state index in [-0.39, 0.29) is 29.4 Å². The maximum atomic E-state index is 12.3. The Kier molecular flexibility index (Phi) is 8.40. The molecule has 0 unspecified atom stereocenters. The van der Waals surface area contributed by atoms with Gasteiger partial charge in [-0.1, -0.05) is 29.3 Å². The van der Waals surface area contributed by atoms with E-state index in [2.05, 4.69) is 20.9 Å². The number of hydrogen-bond acceptors (Lipinski definition) is 6. The minimum absolute atomic E-state index is 0.0867. The van der Waals surface area contributed by atoms with Crippen LogP contribution in [-0.2, 0) is 27.5 Å². The van der Waals surface area contributed by atoms with Crippen molar-refractivity contribution in [2.24, 2.45) is 0 Å². The molecular weight excluding hydrogens is 481 g/mol. The van der Waals surface area contributed by atoms with Gasteiger partial charge in [-0.25, -0.2) is 0 Å². The maximum absolute atomic E-state index is 12.3. The Morgan fingerprint density at radius 3 is 2.50 bits per heavy atom. The number of furan rings is 1. The van der Waals surface area contributed by atoms with Gasteiger partial charge in [0.1, 0.15) is 23.2 Å². The maximum Gasteiger partial charge on any atom is 0.313 e. The molecule has 2 heterocycles. The number of nitrogens with one attached hydrogen (secondary N) is 3. The second kappa shape index (κ2) is 11.7. The number of rotatable bonds is 7. The van der Waals surface area contributed by atoms with Gasteiger partial charge in [-0.2, -0.15) is 5.26 Å². The Labute approximate surface area is 204 Å². The third kappa shape index (κ3) is 6.93. The molecule has 9 nitrogen and oxygen atoms in total. The van der Waals surface area contributed by atoms with Gasteiger partial charge in [-0.15, -0.1) is 0 Å². The fourth-order valence-electron chi connectivity index (χ4n) is 2.65. The predicted molar refractivity (Wildman–Crippen MR) is 125 cm³/mol. The molecule has 0 radical (unpaired) electrons. The van der Waals surface area contributed by atoms with Gasteiger partial charge >= 0.3 is 11.8 Å². The van der Waals surface area contributed by atoms with Crippen LogP contribution >= 0.6 is 23.2 Å². The predicted octanol–water partition coefficient (Wildman–Crippen LogP) is 3.46. The van der Waals surface area contributed by atoms with E-state index < -0.39 is 17.7 Å². The number of hydrogen-bond donors (Lipinski definition) is 3. The van der Waals surface area contributed by atoms with Crippen molar-refractivity contribution in [3.05, 3.63) is 87.6 Å². The number of amides is 3. The molecule has 0 atom stereocenters. The zero-order valence-electron chi connectivity index (χ0n) is 17.5. The quantitative estimate of drug-likeness (QED) is 0.259. The van der Waals surface area contributed by atoms with Crippen LogP contribution in [0.1, 0.15) is 17.1 Å². The minimum Gasteiger partial charge on any atom is -0.460 e. The van der Waals surface area contributed by atoms with Crippen molar-refractivity contribution in [1.29, 1.82) is 5.26 Å². The molecule has 0 aliphatic rings. The summed E-state index contributed by atoms with van der Waals surface area (Å²) in [7, 11) is 0. The normalized spacial score (nSPS) is 10.8. The molecule has 34 heavy (non-hydrogen) atoms. The third-order valence-electron chi connectivity index (χ3n) is 4.32. The van der Waals surface area contributed by atoms with E-state index in [1.165, 1.54) is 30.3 Å². The van der Waals surface area contributed by atoms with Crippen LogP contribution in [0.4, 0.5) is 5.69 Å². The molecule has 172 valence electrons. The zero-order chi connectivity index (χ0) is 24.5. The van der Waals surface area contributed by atoms with Crippen LogP contribution in [-0.4, -0.2) is 22.7 Å². The van der Waals surface area contributed by atoms with Gasteiger partial charge < -0.3 is 20.4 Å². The van der Waals surface area contributed by atoms with E-state index >= 15 is 0 Å². The van der Waals surface area contributed by atoms with Crippen molar-refractivity contribution in [3.8, 4) is 6.07 Å². The fourth-order valence-corrected chi connectivity index (χ4v) is 2.95. The van der Waals surface area contributed by atoms with Crippen LogP contribution in [0, 0.1) is 11.3 Å². The second-order valence-electron chi connectivity index (χ2n) is 6.78. The summed E-state index contributed by atoms with van der Waals surface area (Å²) >= 11 is 11.7. The molecule has 3 aromatic rings. The Bertz CT molecular complexity index is 1280. The number of anilines is 1. The molecular formula is C23H17Cl2N5O4. The summed E-state index contributed by atoms with van der Waals surface area (Å²) in [6.07, 6.45) is 4.50. The van der Waals surface area contributed by atoms with Gasteiger partial charge in [-0.05, 0) is 42.0 Å². The lowest BCUT2D eigenvalue weighted by molar-refractivity contribution is -0.136. The van der Waals surface area contributed by atoms with Gasteiger partial charge in [0.2, 0.25) is 0 Å². The number of nitrogens with zero attached hydrogens (tertiary/aromatic N) is 2. The molecule has 3 N–H and O–H groups in total. The summed E-state index contributed by atoms with van der Waals surface area (Å²) < 4.78 is 5.51. The molecule has 0 bridgehead atoms. The first-order valence-corrected chi connectivity index (χ1v) is 10.5. The average Bonchev–Trinajstić information content (AvgIpc) is 3.29. The summed E-state index contributed by atoms with van der Waals surface area (Å²) in [4.78, 5) is 40.3. The zero-order valence-corrected chi connectivity index (χ0v) is 19.0. The van der Waals surface area contributed by atoms with Gasteiger partial charge in [-0.3, -0.25) is 19.4 Å². The topological polar surface area (TPSA) is 137 Å². The molecule has 0 fully saturated rings. The molecule has 0 saturated heterocycles. The number of pyridine rings is 1. The molecule has 3 amide bonds. The smallest absolute Gasteiger partial charge is 0.313 e. The van der Waals surface area contributed by atoms with Crippen molar-refractivity contribution in [3.63, 3.8) is 0 Å². The lowest BCUT2D eigenvalue weighted by Gasteiger charge is -2.06. The molecule has 0 aliphatic heterocycles. The summed E-state index contributed by atoms with van der Waals surface area (Å²) in [5.74, 6) is -1.82. The van der Waals surface area contributed by atoms with E-state index in [1.54, 1.807) is 30.6 Å². The summed E-state index contributed by atoms with van der Waals surface area (Å²) in [5, 5.41) is 17.3. The van der Waals surface area contributed by atoms with Gasteiger partial charge in [0, 0.05) is 30.7 Å². The monoisotopic (exact) mass is 497 g/mol. The third-order valence-corrected chi connectivity index (χ3v) is 5.06. The van der Waals surface area contributed by atoms with Crippen LogP contribution in [0.25, 0.3) is 6.08 Å². The van der Waals surface area contributed by atoms with Crippen molar-refractivity contribution >= 4 is 52.7 Å². The molecule has 0 saturated carbocycles. The second-order valence-corrected chi connectivity index (χ2v) is 7.60. The first kappa shape index (κ1) is 24.5. The number of carbonyl (C=O) groups is 3. The highest BCUT2D eigenvalue weighted by Gasteiger charge is 2.15. The van der Waals surface area contributed by atoms with E-state index in [0.717, 1.165) is 5.56 Å². The first-order valence-electron chi connectivity index (χ1n) is 9.77. The Morgan fingerprint density at radius 1 is 1.00 bits per heavy atom. The number of benzene rings is 1. The van der Waals surface area contributed by atoms with Crippen molar-refractivity contribution in [1.82, 2.24) is 15.6 Å². The van der Waals surface area contributed by atoms with E-state index in [1.807, 2.05) is 6.07 Å². The molecule has 2 aromatic heterocycles. The van der Waals surface area contributed by atoms with Gasteiger partial charge in [0.15, 0.2) is 0 Å². The van der Waals surface area contributed by atoms with E-state index in [0.29, 0.717) is 16.5 Å². The van der Waals surface area contributed by atoms with Crippen molar-refractivity contribution < 1.29 is 18.8 Å².